The number of hydrogen-bond acceptors (Lipinski definition) is 3. The Bertz CT molecular complexity index is 890. The quantitative estimate of drug-likeness (QED) is 0.621. The van der Waals surface area contributed by atoms with Gasteiger partial charge in [0.05, 0.1) is 11.8 Å². The van der Waals surface area contributed by atoms with Gasteiger partial charge in [-0.25, -0.2) is 4.79 Å². The third-order valence-electron chi connectivity index (χ3n) is 4.48. The highest BCUT2D eigenvalue weighted by Crippen LogP contribution is 2.39. The fraction of sp³-hybridized carbons (Fsp3) is 0.450. The van der Waals surface area contributed by atoms with Gasteiger partial charge >= 0.3 is 12.3 Å². The van der Waals surface area contributed by atoms with Crippen molar-refractivity contribution >= 4 is 22.6 Å². The molecular weight excluding hydrogens is 359 g/mol. The molecule has 1 aliphatic heterocycles. The maximum atomic E-state index is 13.2. The van der Waals surface area contributed by atoms with Crippen molar-refractivity contribution in [3.8, 4) is 0 Å². The van der Waals surface area contributed by atoms with E-state index in [9.17, 15) is 18.0 Å². The zero-order valence-corrected chi connectivity index (χ0v) is 15.7. The monoisotopic (exact) mass is 381 g/mol. The van der Waals surface area contributed by atoms with Crippen molar-refractivity contribution in [1.29, 1.82) is 0 Å². The first-order chi connectivity index (χ1) is 12.5. The minimum Gasteiger partial charge on any atom is -0.464 e. The van der Waals surface area contributed by atoms with E-state index in [0.29, 0.717) is 18.5 Å². The van der Waals surface area contributed by atoms with Crippen molar-refractivity contribution in [2.45, 2.75) is 51.9 Å². The van der Waals surface area contributed by atoms with Gasteiger partial charge in [0.1, 0.15) is 11.2 Å². The first kappa shape index (κ1) is 19.3. The second-order valence-electron chi connectivity index (χ2n) is 7.74. The van der Waals surface area contributed by atoms with Crippen LogP contribution >= 0.6 is 0 Å². The van der Waals surface area contributed by atoms with Crippen molar-refractivity contribution in [3.05, 3.63) is 41.7 Å². The zero-order valence-electron chi connectivity index (χ0n) is 15.7. The van der Waals surface area contributed by atoms with Gasteiger partial charge in [-0.1, -0.05) is 12.1 Å². The zero-order chi connectivity index (χ0) is 20.0. The molecule has 0 N–H and O–H groups in total. The van der Waals surface area contributed by atoms with Crippen molar-refractivity contribution in [1.82, 2.24) is 4.90 Å². The van der Waals surface area contributed by atoms with Crippen LogP contribution < -0.4 is 0 Å². The largest absolute Gasteiger partial charge is 0.464 e. The van der Waals surface area contributed by atoms with Crippen LogP contribution in [0.15, 0.2) is 35.0 Å². The number of furan rings is 1. The van der Waals surface area contributed by atoms with E-state index in [2.05, 4.69) is 0 Å². The van der Waals surface area contributed by atoms with Crippen molar-refractivity contribution < 1.29 is 27.1 Å². The van der Waals surface area contributed by atoms with E-state index in [4.69, 9.17) is 9.15 Å². The molecule has 0 fully saturated rings. The Morgan fingerprint density at radius 2 is 1.93 bits per heavy atom. The van der Waals surface area contributed by atoms with Crippen molar-refractivity contribution in [3.63, 3.8) is 0 Å². The number of ether oxygens (including phenoxy) is 1. The fourth-order valence-electron chi connectivity index (χ4n) is 3.26. The molecule has 0 saturated heterocycles. The summed E-state index contributed by atoms with van der Waals surface area (Å²) in [4.78, 5) is 13.9. The average Bonchev–Trinajstić information content (AvgIpc) is 3.00. The third kappa shape index (κ3) is 3.96. The minimum absolute atomic E-state index is 0.0446. The lowest BCUT2D eigenvalue weighted by Crippen LogP contribution is -2.44. The van der Waals surface area contributed by atoms with Crippen LogP contribution in [0.3, 0.4) is 0 Å². The van der Waals surface area contributed by atoms with Crippen LogP contribution in [0, 0.1) is 0 Å². The number of alkyl halides is 3. The smallest absolute Gasteiger partial charge is 0.417 e. The van der Waals surface area contributed by atoms with Gasteiger partial charge in [0.25, 0.3) is 0 Å². The van der Waals surface area contributed by atoms with E-state index in [0.717, 1.165) is 11.6 Å². The Balaban J connectivity index is 1.91. The number of amides is 1. The number of halogens is 3. The number of benzene rings is 1. The molecule has 0 saturated carbocycles. The molecule has 3 rings (SSSR count). The van der Waals surface area contributed by atoms with Crippen LogP contribution in [0.5, 0.6) is 0 Å². The number of carbonyl (C=O) groups is 1. The van der Waals surface area contributed by atoms with Gasteiger partial charge in [0.15, 0.2) is 0 Å². The number of hydrogen-bond donors (Lipinski definition) is 0. The fourth-order valence-corrected chi connectivity index (χ4v) is 3.26. The number of carbonyl (C=O) groups excluding carboxylic acids is 1. The van der Waals surface area contributed by atoms with E-state index >= 15 is 0 Å². The summed E-state index contributed by atoms with van der Waals surface area (Å²) in [5.74, 6) is 0. The van der Waals surface area contributed by atoms with E-state index in [1.54, 1.807) is 25.7 Å². The molecule has 27 heavy (non-hydrogen) atoms. The normalized spacial score (nSPS) is 18.6. The van der Waals surface area contributed by atoms with Gasteiger partial charge in [0, 0.05) is 23.5 Å². The Morgan fingerprint density at radius 1 is 1.22 bits per heavy atom. The summed E-state index contributed by atoms with van der Waals surface area (Å²) in [6.45, 7) is 7.62. The predicted molar refractivity (Wildman–Crippen MR) is 96.2 cm³/mol. The molecule has 0 spiro atoms. The van der Waals surface area contributed by atoms with Crippen LogP contribution in [0.1, 0.15) is 45.2 Å². The van der Waals surface area contributed by atoms with Gasteiger partial charge in [-0.2, -0.15) is 13.2 Å². The molecule has 1 aromatic heterocycles. The van der Waals surface area contributed by atoms with Gasteiger partial charge in [0.2, 0.25) is 0 Å². The summed E-state index contributed by atoms with van der Waals surface area (Å²) in [7, 11) is 0. The third-order valence-corrected chi connectivity index (χ3v) is 4.48. The van der Waals surface area contributed by atoms with Gasteiger partial charge < -0.3 is 14.1 Å². The molecule has 4 nitrogen and oxygen atoms in total. The summed E-state index contributed by atoms with van der Waals surface area (Å²) in [6, 6.07) is 3.71. The minimum atomic E-state index is -4.44. The van der Waals surface area contributed by atoms with E-state index in [-0.39, 0.29) is 17.0 Å². The summed E-state index contributed by atoms with van der Waals surface area (Å²) in [6.07, 6.45) is -1.23. The molecule has 1 aliphatic rings. The van der Waals surface area contributed by atoms with Crippen molar-refractivity contribution in [2.24, 2.45) is 0 Å². The van der Waals surface area contributed by atoms with E-state index in [1.807, 2.05) is 13.0 Å². The number of fused-ring (bicyclic) bond motifs is 1. The van der Waals surface area contributed by atoms with Crippen molar-refractivity contribution in [2.75, 3.05) is 6.54 Å². The Kier molecular flexibility index (Phi) is 4.74. The summed E-state index contributed by atoms with van der Waals surface area (Å²) >= 11 is 0. The lowest BCUT2D eigenvalue weighted by Gasteiger charge is -2.34. The highest BCUT2D eigenvalue weighted by molar-refractivity contribution is 5.92. The molecule has 7 heteroatoms. The van der Waals surface area contributed by atoms with Crippen LogP contribution in [-0.4, -0.2) is 29.2 Å². The van der Waals surface area contributed by atoms with Gasteiger partial charge in [-0.05, 0) is 51.8 Å². The maximum Gasteiger partial charge on any atom is 0.417 e. The maximum absolute atomic E-state index is 13.2. The van der Waals surface area contributed by atoms with Gasteiger partial charge in [-0.3, -0.25) is 0 Å². The number of nitrogens with zero attached hydrogens (tertiary/aromatic N) is 1. The highest BCUT2D eigenvalue weighted by Gasteiger charge is 2.35. The molecule has 1 unspecified atom stereocenters. The predicted octanol–water partition coefficient (Wildman–Crippen LogP) is 5.86. The molecule has 2 heterocycles. The lowest BCUT2D eigenvalue weighted by atomic mass is 9.92. The second kappa shape index (κ2) is 6.62. The van der Waals surface area contributed by atoms with E-state index in [1.165, 1.54) is 18.4 Å². The topological polar surface area (TPSA) is 42.7 Å². The van der Waals surface area contributed by atoms with Crippen LogP contribution in [0.25, 0.3) is 16.5 Å². The molecule has 0 aliphatic carbocycles. The molecule has 1 atom stereocenters. The summed E-state index contributed by atoms with van der Waals surface area (Å²) in [5, 5.41) is 0.0446. The Labute approximate surface area is 155 Å². The highest BCUT2D eigenvalue weighted by atomic mass is 19.4. The summed E-state index contributed by atoms with van der Waals surface area (Å²) < 4.78 is 50.4. The van der Waals surface area contributed by atoms with Crippen LogP contribution in [0.4, 0.5) is 18.0 Å². The average molecular weight is 381 g/mol. The number of rotatable bonds is 1. The molecule has 146 valence electrons. The lowest BCUT2D eigenvalue weighted by molar-refractivity contribution is -0.136. The first-order valence-corrected chi connectivity index (χ1v) is 8.74. The van der Waals surface area contributed by atoms with Gasteiger partial charge in [-0.15, -0.1) is 0 Å². The molecule has 2 aromatic rings. The molecule has 1 aromatic carbocycles. The molecule has 1 amide bonds. The standard InChI is InChI=1S/C20H22F3NO3/c1-12-11-13(7-9-24(12)18(25)27-19(2,3)4)14-5-6-16(20(21,22)23)15-8-10-26-17(14)15/h5-8,10,12H,9,11H2,1-4H3. The molecule has 0 bridgehead atoms. The molecule has 0 radical (unpaired) electrons. The first-order valence-electron chi connectivity index (χ1n) is 8.74. The summed E-state index contributed by atoms with van der Waals surface area (Å²) in [5.41, 5.74) is 0.396. The Hall–Kier alpha value is -2.44. The second-order valence-corrected chi connectivity index (χ2v) is 7.74. The Morgan fingerprint density at radius 3 is 2.52 bits per heavy atom. The SMILES string of the molecule is CC1CC(c2ccc(C(F)(F)F)c3ccoc23)=CCN1C(=O)OC(C)(C)C. The van der Waals surface area contributed by atoms with Crippen LogP contribution in [-0.2, 0) is 10.9 Å². The molecular formula is C20H22F3NO3. The van der Waals surface area contributed by atoms with Crippen LogP contribution in [0.2, 0.25) is 0 Å². The van der Waals surface area contributed by atoms with E-state index < -0.39 is 23.4 Å².